The highest BCUT2D eigenvalue weighted by atomic mass is 32.2. The molecule has 0 aromatic heterocycles. The van der Waals surface area contributed by atoms with Crippen LogP contribution in [0.4, 0.5) is 11.4 Å². The van der Waals surface area contributed by atoms with Crippen molar-refractivity contribution in [1.29, 1.82) is 0 Å². The van der Waals surface area contributed by atoms with Gasteiger partial charge in [0, 0.05) is 5.69 Å². The molecule has 0 saturated heterocycles. The van der Waals surface area contributed by atoms with Gasteiger partial charge in [-0.3, -0.25) is 9.10 Å². The summed E-state index contributed by atoms with van der Waals surface area (Å²) in [5.41, 5.74) is 2.20. The summed E-state index contributed by atoms with van der Waals surface area (Å²) in [6.07, 6.45) is 1.06. The number of esters is 1. The zero-order valence-corrected chi connectivity index (χ0v) is 18.0. The number of methoxy groups -OCH3 is 1. The molecule has 0 heterocycles. The first-order valence-electron chi connectivity index (χ1n) is 8.98. The van der Waals surface area contributed by atoms with Crippen molar-refractivity contribution >= 4 is 33.3 Å². The van der Waals surface area contributed by atoms with Crippen LogP contribution in [0, 0.1) is 0 Å². The van der Waals surface area contributed by atoms with E-state index >= 15 is 0 Å². The van der Waals surface area contributed by atoms with Gasteiger partial charge in [0.25, 0.3) is 0 Å². The highest BCUT2D eigenvalue weighted by molar-refractivity contribution is 7.92. The number of ether oxygens (including phenoxy) is 1. The molecule has 0 radical (unpaired) electrons. The SMILES string of the molecule is COC(=O)c1ccc(NC(=O)CN(c2ccc(C(C)(C)C)cc2)S(C)(=O)=O)cc1. The summed E-state index contributed by atoms with van der Waals surface area (Å²) >= 11 is 0. The van der Waals surface area contributed by atoms with Gasteiger partial charge in [-0.2, -0.15) is 0 Å². The van der Waals surface area contributed by atoms with Crippen molar-refractivity contribution in [2.75, 3.05) is 29.5 Å². The van der Waals surface area contributed by atoms with E-state index in [9.17, 15) is 18.0 Å². The summed E-state index contributed by atoms with van der Waals surface area (Å²) < 4.78 is 30.2. The fourth-order valence-electron chi connectivity index (χ4n) is 2.67. The number of anilines is 2. The second-order valence-electron chi connectivity index (χ2n) is 7.68. The Morgan fingerprint density at radius 1 is 1.00 bits per heavy atom. The molecule has 7 nitrogen and oxygen atoms in total. The number of benzene rings is 2. The van der Waals surface area contributed by atoms with Gasteiger partial charge in [-0.1, -0.05) is 32.9 Å². The Hall–Kier alpha value is -2.87. The van der Waals surface area contributed by atoms with Crippen molar-refractivity contribution in [2.45, 2.75) is 26.2 Å². The first-order chi connectivity index (χ1) is 13.4. The average molecular weight is 419 g/mol. The minimum atomic E-state index is -3.66. The lowest BCUT2D eigenvalue weighted by Crippen LogP contribution is -2.37. The molecule has 8 heteroatoms. The van der Waals surface area contributed by atoms with E-state index in [2.05, 4.69) is 30.8 Å². The summed E-state index contributed by atoms with van der Waals surface area (Å²) in [6, 6.07) is 13.2. The number of sulfonamides is 1. The first-order valence-corrected chi connectivity index (χ1v) is 10.8. The normalized spacial score (nSPS) is 11.6. The van der Waals surface area contributed by atoms with Crippen molar-refractivity contribution in [3.8, 4) is 0 Å². The maximum Gasteiger partial charge on any atom is 0.337 e. The molecular weight excluding hydrogens is 392 g/mol. The number of nitrogens with zero attached hydrogens (tertiary/aromatic N) is 1. The molecule has 0 spiro atoms. The highest BCUT2D eigenvalue weighted by Gasteiger charge is 2.22. The number of hydrogen-bond acceptors (Lipinski definition) is 5. The van der Waals surface area contributed by atoms with Gasteiger partial charge < -0.3 is 10.1 Å². The summed E-state index contributed by atoms with van der Waals surface area (Å²) in [7, 11) is -2.38. The molecule has 1 amide bonds. The Bertz CT molecular complexity index is 975. The molecule has 0 aliphatic carbocycles. The molecule has 2 aromatic carbocycles. The molecule has 0 aliphatic rings. The van der Waals surface area contributed by atoms with Gasteiger partial charge in [0.05, 0.1) is 24.6 Å². The van der Waals surface area contributed by atoms with Crippen LogP contribution >= 0.6 is 0 Å². The third-order valence-electron chi connectivity index (χ3n) is 4.30. The van der Waals surface area contributed by atoms with Crippen LogP contribution in [0.5, 0.6) is 0 Å². The lowest BCUT2D eigenvalue weighted by Gasteiger charge is -2.24. The molecule has 0 unspecified atom stereocenters. The largest absolute Gasteiger partial charge is 0.465 e. The summed E-state index contributed by atoms with van der Waals surface area (Å²) in [5.74, 6) is -0.981. The number of nitrogens with one attached hydrogen (secondary N) is 1. The van der Waals surface area contributed by atoms with E-state index in [4.69, 9.17) is 0 Å². The zero-order valence-electron chi connectivity index (χ0n) is 17.2. The first kappa shape index (κ1) is 22.4. The van der Waals surface area contributed by atoms with Crippen molar-refractivity contribution in [2.24, 2.45) is 0 Å². The molecule has 29 heavy (non-hydrogen) atoms. The average Bonchev–Trinajstić information content (AvgIpc) is 2.64. The topological polar surface area (TPSA) is 92.8 Å². The molecule has 0 aliphatic heterocycles. The number of hydrogen-bond donors (Lipinski definition) is 1. The predicted molar refractivity (Wildman–Crippen MR) is 114 cm³/mol. The maximum absolute atomic E-state index is 12.4. The lowest BCUT2D eigenvalue weighted by molar-refractivity contribution is -0.114. The van der Waals surface area contributed by atoms with E-state index in [1.54, 1.807) is 24.3 Å². The van der Waals surface area contributed by atoms with Crippen molar-refractivity contribution < 1.29 is 22.7 Å². The van der Waals surface area contributed by atoms with Gasteiger partial charge in [-0.15, -0.1) is 0 Å². The van der Waals surface area contributed by atoms with Crippen LogP contribution in [-0.2, 0) is 25.0 Å². The number of carbonyl (C=O) groups is 2. The molecule has 0 atom stereocenters. The third kappa shape index (κ3) is 6.05. The molecule has 0 bridgehead atoms. The van der Waals surface area contributed by atoms with E-state index in [0.29, 0.717) is 16.9 Å². The van der Waals surface area contributed by atoms with E-state index in [0.717, 1.165) is 16.1 Å². The third-order valence-corrected chi connectivity index (χ3v) is 5.44. The van der Waals surface area contributed by atoms with Crippen LogP contribution in [0.25, 0.3) is 0 Å². The zero-order chi connectivity index (χ0) is 21.8. The summed E-state index contributed by atoms with van der Waals surface area (Å²) in [6.45, 7) is 5.83. The van der Waals surface area contributed by atoms with Crippen molar-refractivity contribution in [3.63, 3.8) is 0 Å². The summed E-state index contributed by atoms with van der Waals surface area (Å²) in [5, 5.41) is 2.64. The van der Waals surface area contributed by atoms with Crippen LogP contribution < -0.4 is 9.62 Å². The maximum atomic E-state index is 12.4. The lowest BCUT2D eigenvalue weighted by atomic mass is 9.87. The molecule has 2 rings (SSSR count). The van der Waals surface area contributed by atoms with Gasteiger partial charge in [-0.25, -0.2) is 13.2 Å². The van der Waals surface area contributed by atoms with Gasteiger partial charge >= 0.3 is 5.97 Å². The number of rotatable bonds is 6. The van der Waals surface area contributed by atoms with Crippen LogP contribution in [-0.4, -0.2) is 40.2 Å². The van der Waals surface area contributed by atoms with Gasteiger partial charge in [-0.05, 0) is 47.4 Å². The molecule has 156 valence electrons. The predicted octanol–water partition coefficient (Wildman–Crippen LogP) is 3.18. The van der Waals surface area contributed by atoms with Crippen LogP contribution in [0.15, 0.2) is 48.5 Å². The molecular formula is C21H26N2O5S. The fraction of sp³-hybridized carbons (Fsp3) is 0.333. The van der Waals surface area contributed by atoms with Gasteiger partial charge in [0.2, 0.25) is 15.9 Å². The molecule has 2 aromatic rings. The fourth-order valence-corrected chi connectivity index (χ4v) is 3.52. The van der Waals surface area contributed by atoms with Crippen molar-refractivity contribution in [1.82, 2.24) is 0 Å². The second-order valence-corrected chi connectivity index (χ2v) is 9.59. The molecule has 1 N–H and O–H groups in total. The standard InChI is InChI=1S/C21H26N2O5S/c1-21(2,3)16-8-12-18(13-9-16)23(29(5,26)27)14-19(24)22-17-10-6-15(7-11-17)20(25)28-4/h6-13H,14H2,1-5H3,(H,22,24). The Morgan fingerprint density at radius 3 is 2.00 bits per heavy atom. The Morgan fingerprint density at radius 2 is 1.55 bits per heavy atom. The Balaban J connectivity index is 2.16. The van der Waals surface area contributed by atoms with E-state index in [1.807, 2.05) is 12.1 Å². The van der Waals surface area contributed by atoms with Gasteiger partial charge in [0.15, 0.2) is 0 Å². The summed E-state index contributed by atoms with van der Waals surface area (Å²) in [4.78, 5) is 23.9. The smallest absolute Gasteiger partial charge is 0.337 e. The monoisotopic (exact) mass is 418 g/mol. The van der Waals surface area contributed by atoms with E-state index in [-0.39, 0.29) is 12.0 Å². The minimum Gasteiger partial charge on any atom is -0.465 e. The van der Waals surface area contributed by atoms with Crippen LogP contribution in [0.3, 0.4) is 0 Å². The Labute approximate surface area is 171 Å². The Kier molecular flexibility index (Phi) is 6.69. The van der Waals surface area contributed by atoms with Crippen LogP contribution in [0.1, 0.15) is 36.7 Å². The number of amides is 1. The van der Waals surface area contributed by atoms with E-state index < -0.39 is 21.9 Å². The quantitative estimate of drug-likeness (QED) is 0.728. The molecule has 0 fully saturated rings. The molecule has 0 saturated carbocycles. The number of carbonyl (C=O) groups excluding carboxylic acids is 2. The van der Waals surface area contributed by atoms with Crippen molar-refractivity contribution in [3.05, 3.63) is 59.7 Å². The van der Waals surface area contributed by atoms with Crippen LogP contribution in [0.2, 0.25) is 0 Å². The second kappa shape index (κ2) is 8.65. The highest BCUT2D eigenvalue weighted by Crippen LogP contribution is 2.26. The van der Waals surface area contributed by atoms with Gasteiger partial charge in [0.1, 0.15) is 6.54 Å². The van der Waals surface area contributed by atoms with E-state index in [1.165, 1.54) is 19.2 Å². The minimum absolute atomic E-state index is 0.0673.